The topological polar surface area (TPSA) is 57.6 Å². The molecule has 0 aliphatic heterocycles. The normalized spacial score (nSPS) is 12.0. The Kier molecular flexibility index (Phi) is 5.10. The van der Waals surface area contributed by atoms with E-state index in [-0.39, 0.29) is 23.2 Å². The third-order valence-corrected chi connectivity index (χ3v) is 6.39. The molecule has 1 aromatic carbocycles. The number of benzene rings is 1. The van der Waals surface area contributed by atoms with Crippen LogP contribution in [0.25, 0.3) is 0 Å². The minimum absolute atomic E-state index is 0.00851. The average molecular weight is 329 g/mol. The summed E-state index contributed by atoms with van der Waals surface area (Å²) in [7, 11) is -2.08. The lowest BCUT2D eigenvalue weighted by Crippen LogP contribution is -2.25. The zero-order chi connectivity index (χ0) is 15.5. The number of nitrogens with zero attached hydrogens (tertiary/aromatic N) is 1. The summed E-state index contributed by atoms with van der Waals surface area (Å²) in [6.45, 7) is 0.168. The molecule has 2 rings (SSSR count). The molecule has 1 heterocycles. The fraction of sp³-hybridized carbons (Fsp3) is 0.286. The second kappa shape index (κ2) is 6.65. The van der Waals surface area contributed by atoms with Crippen LogP contribution in [-0.2, 0) is 23.0 Å². The van der Waals surface area contributed by atoms with Crippen molar-refractivity contribution in [2.45, 2.75) is 17.2 Å². The maximum atomic E-state index is 12.8. The molecule has 4 nitrogen and oxygen atoms in total. The van der Waals surface area contributed by atoms with Gasteiger partial charge < -0.3 is 5.11 Å². The first-order valence-corrected chi connectivity index (χ1v) is 8.59. The molecule has 0 fully saturated rings. The number of aliphatic hydroxyl groups is 1. The third kappa shape index (κ3) is 3.88. The summed E-state index contributed by atoms with van der Waals surface area (Å²) in [5.41, 5.74) is 0.717. The number of thiophene rings is 1. The van der Waals surface area contributed by atoms with E-state index in [0.29, 0.717) is 6.42 Å². The second-order valence-corrected chi connectivity index (χ2v) is 8.02. The molecule has 1 aromatic heterocycles. The van der Waals surface area contributed by atoms with E-state index in [9.17, 15) is 12.8 Å². The van der Waals surface area contributed by atoms with Crippen LogP contribution >= 0.6 is 11.3 Å². The number of hydrogen-bond donors (Lipinski definition) is 1. The van der Waals surface area contributed by atoms with Crippen molar-refractivity contribution in [2.75, 3.05) is 13.7 Å². The Labute approximate surface area is 127 Å². The molecule has 0 aliphatic rings. The van der Waals surface area contributed by atoms with Gasteiger partial charge in [0, 0.05) is 31.5 Å². The van der Waals surface area contributed by atoms with Crippen molar-refractivity contribution in [1.82, 2.24) is 4.31 Å². The van der Waals surface area contributed by atoms with Gasteiger partial charge in [-0.25, -0.2) is 12.8 Å². The van der Waals surface area contributed by atoms with Gasteiger partial charge in [-0.2, -0.15) is 4.31 Å². The maximum Gasteiger partial charge on any atom is 0.252 e. The van der Waals surface area contributed by atoms with Crippen molar-refractivity contribution in [3.05, 3.63) is 52.7 Å². The number of sulfonamides is 1. The summed E-state index contributed by atoms with van der Waals surface area (Å²) in [4.78, 5) is 0.825. The molecule has 0 unspecified atom stereocenters. The smallest absolute Gasteiger partial charge is 0.252 e. The van der Waals surface area contributed by atoms with Crippen molar-refractivity contribution < 1.29 is 17.9 Å². The zero-order valence-electron chi connectivity index (χ0n) is 11.5. The molecule has 0 bridgehead atoms. The van der Waals surface area contributed by atoms with E-state index >= 15 is 0 Å². The highest BCUT2D eigenvalue weighted by Crippen LogP contribution is 2.25. The van der Waals surface area contributed by atoms with Crippen LogP contribution in [-0.4, -0.2) is 31.5 Å². The summed E-state index contributed by atoms with van der Waals surface area (Å²) < 4.78 is 39.2. The van der Waals surface area contributed by atoms with Crippen LogP contribution in [0.5, 0.6) is 0 Å². The predicted molar refractivity (Wildman–Crippen MR) is 80.2 cm³/mol. The first-order chi connectivity index (χ1) is 9.93. The largest absolute Gasteiger partial charge is 0.396 e. The van der Waals surface area contributed by atoms with E-state index in [0.717, 1.165) is 21.8 Å². The Morgan fingerprint density at radius 3 is 2.48 bits per heavy atom. The second-order valence-electron chi connectivity index (χ2n) is 4.58. The summed E-state index contributed by atoms with van der Waals surface area (Å²) in [6.07, 6.45) is 0.446. The van der Waals surface area contributed by atoms with Crippen molar-refractivity contribution in [3.8, 4) is 0 Å². The van der Waals surface area contributed by atoms with Gasteiger partial charge in [0.2, 0.25) is 0 Å². The van der Waals surface area contributed by atoms with E-state index in [1.165, 1.54) is 23.5 Å². The molecule has 114 valence electrons. The zero-order valence-corrected chi connectivity index (χ0v) is 13.1. The van der Waals surface area contributed by atoms with Crippen LogP contribution in [0.2, 0.25) is 0 Å². The SMILES string of the molecule is CN(Cc1ccc(F)cc1)S(=O)(=O)c1ccc(CCO)s1. The number of halogens is 1. The van der Waals surface area contributed by atoms with Crippen molar-refractivity contribution in [2.24, 2.45) is 0 Å². The molecule has 0 atom stereocenters. The van der Waals surface area contributed by atoms with Gasteiger partial charge in [-0.05, 0) is 29.8 Å². The molecule has 0 saturated heterocycles. The highest BCUT2D eigenvalue weighted by molar-refractivity contribution is 7.91. The van der Waals surface area contributed by atoms with Gasteiger partial charge in [0.05, 0.1) is 0 Å². The fourth-order valence-electron chi connectivity index (χ4n) is 1.83. The molecule has 0 saturated carbocycles. The molecule has 2 aromatic rings. The molecule has 0 amide bonds. The summed E-state index contributed by atoms with van der Waals surface area (Å²) in [5.74, 6) is -0.351. The van der Waals surface area contributed by atoms with Crippen molar-refractivity contribution in [1.29, 1.82) is 0 Å². The quantitative estimate of drug-likeness (QED) is 0.884. The van der Waals surface area contributed by atoms with Gasteiger partial charge in [0.25, 0.3) is 10.0 Å². The molecule has 1 N–H and O–H groups in total. The van der Waals surface area contributed by atoms with E-state index in [1.54, 1.807) is 24.3 Å². The van der Waals surface area contributed by atoms with Gasteiger partial charge in [0.1, 0.15) is 10.0 Å². The Morgan fingerprint density at radius 1 is 1.19 bits per heavy atom. The monoisotopic (exact) mass is 329 g/mol. The van der Waals surface area contributed by atoms with Crippen LogP contribution in [0.15, 0.2) is 40.6 Å². The van der Waals surface area contributed by atoms with Crippen LogP contribution in [0.1, 0.15) is 10.4 Å². The van der Waals surface area contributed by atoms with Gasteiger partial charge in [-0.3, -0.25) is 0 Å². The van der Waals surface area contributed by atoms with Crippen molar-refractivity contribution >= 4 is 21.4 Å². The fourth-order valence-corrected chi connectivity index (χ4v) is 4.54. The minimum atomic E-state index is -3.57. The number of rotatable bonds is 6. The lowest BCUT2D eigenvalue weighted by atomic mass is 10.2. The summed E-state index contributed by atoms with van der Waals surface area (Å²) >= 11 is 1.16. The first-order valence-electron chi connectivity index (χ1n) is 6.34. The highest BCUT2D eigenvalue weighted by atomic mass is 32.2. The molecule has 21 heavy (non-hydrogen) atoms. The molecule has 0 spiro atoms. The third-order valence-electron chi connectivity index (χ3n) is 2.98. The van der Waals surface area contributed by atoms with Gasteiger partial charge in [-0.1, -0.05) is 12.1 Å². The standard InChI is InChI=1S/C14H16FNO3S2/c1-16(10-11-2-4-12(15)5-3-11)21(18,19)14-7-6-13(20-14)8-9-17/h2-7,17H,8-10H2,1H3. The van der Waals surface area contributed by atoms with Gasteiger partial charge >= 0.3 is 0 Å². The molecular formula is C14H16FNO3S2. The Balaban J connectivity index is 2.15. The first kappa shape index (κ1) is 16.1. The summed E-state index contributed by atoms with van der Waals surface area (Å²) in [5, 5.41) is 8.87. The molecule has 0 radical (unpaired) electrons. The Morgan fingerprint density at radius 2 is 1.86 bits per heavy atom. The maximum absolute atomic E-state index is 12.8. The van der Waals surface area contributed by atoms with E-state index in [1.807, 2.05) is 0 Å². The average Bonchev–Trinajstić information content (AvgIpc) is 2.91. The van der Waals surface area contributed by atoms with Crippen LogP contribution < -0.4 is 0 Å². The van der Waals surface area contributed by atoms with E-state index < -0.39 is 10.0 Å². The predicted octanol–water partition coefficient (Wildman–Crippen LogP) is 2.24. The molecule has 0 aliphatic carbocycles. The lowest BCUT2D eigenvalue weighted by Gasteiger charge is -2.16. The van der Waals surface area contributed by atoms with Crippen LogP contribution in [0, 0.1) is 5.82 Å². The van der Waals surface area contributed by atoms with E-state index in [2.05, 4.69) is 0 Å². The van der Waals surface area contributed by atoms with E-state index in [4.69, 9.17) is 5.11 Å². The van der Waals surface area contributed by atoms with Gasteiger partial charge in [0.15, 0.2) is 0 Å². The molecule has 7 heteroatoms. The Hall–Kier alpha value is -1.28. The minimum Gasteiger partial charge on any atom is -0.396 e. The summed E-state index contributed by atoms with van der Waals surface area (Å²) in [6, 6.07) is 8.99. The van der Waals surface area contributed by atoms with Crippen LogP contribution in [0.3, 0.4) is 0 Å². The Bertz CT molecular complexity index is 695. The lowest BCUT2D eigenvalue weighted by molar-refractivity contribution is 0.300. The van der Waals surface area contributed by atoms with Crippen molar-refractivity contribution in [3.63, 3.8) is 0 Å². The highest BCUT2D eigenvalue weighted by Gasteiger charge is 2.22. The molecular weight excluding hydrogens is 313 g/mol. The number of aliphatic hydroxyl groups excluding tert-OH is 1. The van der Waals surface area contributed by atoms with Crippen LogP contribution in [0.4, 0.5) is 4.39 Å². The van der Waals surface area contributed by atoms with Gasteiger partial charge in [-0.15, -0.1) is 11.3 Å². The number of hydrogen-bond acceptors (Lipinski definition) is 4.